The third-order valence-electron chi connectivity index (χ3n) is 6.37. The van der Waals surface area contributed by atoms with Crippen molar-refractivity contribution in [2.24, 2.45) is 0 Å². The fraction of sp³-hybridized carbons (Fsp3) is 0.267. The molecule has 0 heterocycles. The summed E-state index contributed by atoms with van der Waals surface area (Å²) in [6.07, 6.45) is 6.96. The Labute approximate surface area is 188 Å². The molecule has 1 aliphatic carbocycles. The maximum absolute atomic E-state index is 4.54. The van der Waals surface area contributed by atoms with Crippen molar-refractivity contribution in [2.75, 3.05) is 4.90 Å². The fourth-order valence-electron chi connectivity index (χ4n) is 4.68. The van der Waals surface area contributed by atoms with Gasteiger partial charge in [0, 0.05) is 16.8 Å². The predicted molar refractivity (Wildman–Crippen MR) is 138 cm³/mol. The highest BCUT2D eigenvalue weighted by atomic mass is 15.2. The van der Waals surface area contributed by atoms with Crippen LogP contribution < -0.4 is 4.90 Å². The number of hydrogen-bond acceptors (Lipinski definition) is 1. The molecule has 160 valence electrons. The topological polar surface area (TPSA) is 3.24 Å². The van der Waals surface area contributed by atoms with Crippen molar-refractivity contribution in [3.63, 3.8) is 0 Å². The molecule has 0 spiro atoms. The van der Waals surface area contributed by atoms with Gasteiger partial charge in [-0.1, -0.05) is 95.5 Å². The Morgan fingerprint density at radius 2 is 1.68 bits per heavy atom. The molecule has 1 atom stereocenters. The summed E-state index contributed by atoms with van der Waals surface area (Å²) in [5.41, 5.74) is 8.13. The van der Waals surface area contributed by atoms with Crippen LogP contribution in [0.4, 0.5) is 5.69 Å². The van der Waals surface area contributed by atoms with Crippen molar-refractivity contribution >= 4 is 11.3 Å². The van der Waals surface area contributed by atoms with E-state index in [2.05, 4.69) is 114 Å². The van der Waals surface area contributed by atoms with Gasteiger partial charge in [-0.3, -0.25) is 0 Å². The first-order valence-electron chi connectivity index (χ1n) is 11.1. The van der Waals surface area contributed by atoms with Crippen molar-refractivity contribution in [1.29, 1.82) is 0 Å². The highest BCUT2D eigenvalue weighted by Gasteiger charge is 2.37. The van der Waals surface area contributed by atoms with E-state index in [1.165, 1.54) is 28.0 Å². The van der Waals surface area contributed by atoms with E-state index in [9.17, 15) is 0 Å². The molecule has 1 aliphatic rings. The van der Waals surface area contributed by atoms with Gasteiger partial charge in [0.25, 0.3) is 0 Å². The summed E-state index contributed by atoms with van der Waals surface area (Å²) in [6.45, 7) is 26.1. The Bertz CT molecular complexity index is 1050. The Balaban J connectivity index is 2.13. The summed E-state index contributed by atoms with van der Waals surface area (Å²) in [6, 6.07) is 17.2. The molecule has 1 unspecified atom stereocenters. The van der Waals surface area contributed by atoms with E-state index in [0.717, 1.165) is 17.7 Å². The zero-order valence-electron chi connectivity index (χ0n) is 19.5. The molecule has 0 amide bonds. The highest BCUT2D eigenvalue weighted by Crippen LogP contribution is 2.49. The molecule has 1 nitrogen and oxygen atoms in total. The number of fused-ring (bicyclic) bond motifs is 1. The summed E-state index contributed by atoms with van der Waals surface area (Å²) in [4.78, 5) is 2.31. The highest BCUT2D eigenvalue weighted by molar-refractivity contribution is 5.89. The number of para-hydroxylation sites is 1. The maximum Gasteiger partial charge on any atom is 0.0553 e. The van der Waals surface area contributed by atoms with Gasteiger partial charge in [-0.2, -0.15) is 0 Å². The largest absolute Gasteiger partial charge is 0.335 e. The van der Waals surface area contributed by atoms with Crippen molar-refractivity contribution in [2.45, 2.75) is 51.5 Å². The van der Waals surface area contributed by atoms with Gasteiger partial charge >= 0.3 is 0 Å². The molecule has 0 saturated carbocycles. The lowest BCUT2D eigenvalue weighted by Gasteiger charge is -2.35. The third kappa shape index (κ3) is 4.10. The van der Waals surface area contributed by atoms with Gasteiger partial charge in [0.1, 0.15) is 0 Å². The monoisotopic (exact) mass is 409 g/mol. The van der Waals surface area contributed by atoms with Gasteiger partial charge in [-0.05, 0) is 52.3 Å². The first-order valence-corrected chi connectivity index (χ1v) is 11.1. The van der Waals surface area contributed by atoms with Crippen LogP contribution in [0.25, 0.3) is 5.57 Å². The normalized spacial score (nSPS) is 16.8. The second-order valence-electron chi connectivity index (χ2n) is 9.11. The quantitative estimate of drug-likeness (QED) is 0.397. The minimum absolute atomic E-state index is 0.0712. The Morgan fingerprint density at radius 1 is 1.03 bits per heavy atom. The number of rotatable bonds is 8. The molecule has 0 aromatic heterocycles. The van der Waals surface area contributed by atoms with Gasteiger partial charge in [-0.15, -0.1) is 13.2 Å². The van der Waals surface area contributed by atoms with E-state index >= 15 is 0 Å². The molecule has 3 rings (SSSR count). The number of anilines is 1. The molecular formula is C30H35N. The van der Waals surface area contributed by atoms with Crippen LogP contribution in [0.3, 0.4) is 0 Å². The molecule has 0 N–H and O–H groups in total. The van der Waals surface area contributed by atoms with Gasteiger partial charge in [0.15, 0.2) is 0 Å². The van der Waals surface area contributed by atoms with Gasteiger partial charge in [-0.25, -0.2) is 0 Å². The average molecular weight is 410 g/mol. The molecule has 0 aliphatic heterocycles. The summed E-state index contributed by atoms with van der Waals surface area (Å²) < 4.78 is 0. The first-order chi connectivity index (χ1) is 14.7. The van der Waals surface area contributed by atoms with Crippen LogP contribution in [0.15, 0.2) is 104 Å². The summed E-state index contributed by atoms with van der Waals surface area (Å²) in [7, 11) is 0. The molecule has 0 radical (unpaired) electrons. The van der Waals surface area contributed by atoms with Gasteiger partial charge in [0.05, 0.1) is 6.04 Å². The molecule has 1 heteroatoms. The molecule has 31 heavy (non-hydrogen) atoms. The van der Waals surface area contributed by atoms with Crippen LogP contribution in [0.2, 0.25) is 0 Å². The minimum atomic E-state index is -0.123. The summed E-state index contributed by atoms with van der Waals surface area (Å²) >= 11 is 0. The third-order valence-corrected chi connectivity index (χ3v) is 6.37. The minimum Gasteiger partial charge on any atom is -0.335 e. The standard InChI is InChI=1S/C30H35N/c1-9-15-24(10-2)31(29-19-14-12-16-25(29)21(3)4)22(5)20-28-23(6)26-17-11-13-18-27(26)30(28,7)8/h9-14,16-21,24H,1-2,5-6,15H2,3-4,7-8H3/b28-20+. The van der Waals surface area contributed by atoms with Crippen LogP contribution in [0, 0.1) is 0 Å². The van der Waals surface area contributed by atoms with Crippen molar-refractivity contribution in [1.82, 2.24) is 0 Å². The Morgan fingerprint density at radius 3 is 2.29 bits per heavy atom. The van der Waals surface area contributed by atoms with E-state index in [1.54, 1.807) is 0 Å². The number of allylic oxidation sites excluding steroid dienone is 3. The average Bonchev–Trinajstić information content (AvgIpc) is 2.94. The summed E-state index contributed by atoms with van der Waals surface area (Å²) in [5.74, 6) is 0.399. The van der Waals surface area contributed by atoms with E-state index < -0.39 is 0 Å². The zero-order chi connectivity index (χ0) is 22.8. The van der Waals surface area contributed by atoms with Crippen LogP contribution in [-0.2, 0) is 5.41 Å². The second kappa shape index (κ2) is 8.98. The lowest BCUT2D eigenvalue weighted by Crippen LogP contribution is -2.33. The smallest absolute Gasteiger partial charge is 0.0553 e. The summed E-state index contributed by atoms with van der Waals surface area (Å²) in [5, 5.41) is 0. The number of benzene rings is 2. The van der Waals surface area contributed by atoms with Crippen molar-refractivity contribution < 1.29 is 0 Å². The van der Waals surface area contributed by atoms with E-state index in [1.807, 2.05) is 12.2 Å². The van der Waals surface area contributed by atoms with Crippen LogP contribution in [0.1, 0.15) is 56.7 Å². The lowest BCUT2D eigenvalue weighted by atomic mass is 9.82. The number of nitrogens with zero attached hydrogens (tertiary/aromatic N) is 1. The van der Waals surface area contributed by atoms with Crippen LogP contribution in [0.5, 0.6) is 0 Å². The van der Waals surface area contributed by atoms with E-state index in [0.29, 0.717) is 5.92 Å². The predicted octanol–water partition coefficient (Wildman–Crippen LogP) is 8.19. The second-order valence-corrected chi connectivity index (χ2v) is 9.11. The van der Waals surface area contributed by atoms with Crippen LogP contribution in [-0.4, -0.2) is 6.04 Å². The molecular weight excluding hydrogens is 374 g/mol. The van der Waals surface area contributed by atoms with Gasteiger partial charge < -0.3 is 4.90 Å². The number of hydrogen-bond donors (Lipinski definition) is 0. The molecule has 2 aromatic carbocycles. The van der Waals surface area contributed by atoms with Gasteiger partial charge in [0.2, 0.25) is 0 Å². The Kier molecular flexibility index (Phi) is 6.55. The first kappa shape index (κ1) is 22.6. The molecule has 0 bridgehead atoms. The van der Waals surface area contributed by atoms with E-state index in [4.69, 9.17) is 0 Å². The Hall–Kier alpha value is -3.06. The molecule has 0 saturated heterocycles. The zero-order valence-corrected chi connectivity index (χ0v) is 19.5. The van der Waals surface area contributed by atoms with Crippen molar-refractivity contribution in [3.05, 3.63) is 121 Å². The van der Waals surface area contributed by atoms with E-state index in [-0.39, 0.29) is 11.5 Å². The fourth-order valence-corrected chi connectivity index (χ4v) is 4.68. The maximum atomic E-state index is 4.54. The molecule has 2 aromatic rings. The SMILES string of the molecule is C=CCC(C=C)N(C(=C)/C=C1\C(=C)c2ccccc2C1(C)C)c1ccccc1C(C)C. The van der Waals surface area contributed by atoms with Crippen molar-refractivity contribution in [3.8, 4) is 0 Å². The van der Waals surface area contributed by atoms with Crippen LogP contribution >= 0.6 is 0 Å². The molecule has 0 fully saturated rings. The lowest BCUT2D eigenvalue weighted by molar-refractivity contribution is 0.658.